The zero-order valence-corrected chi connectivity index (χ0v) is 18.0. The van der Waals surface area contributed by atoms with Crippen molar-refractivity contribution in [2.24, 2.45) is 0 Å². The number of unbranched alkanes of at least 4 members (excludes halogenated alkanes) is 3. The molecule has 2 aromatic carbocycles. The van der Waals surface area contributed by atoms with Gasteiger partial charge in [0, 0.05) is 22.1 Å². The topological polar surface area (TPSA) is 60.4 Å². The number of rotatable bonds is 7. The first-order valence-corrected chi connectivity index (χ1v) is 10.5. The second kappa shape index (κ2) is 9.44. The zero-order valence-electron chi connectivity index (χ0n) is 14.3. The molecule has 0 radical (unpaired) electrons. The number of hydrogen-bond acceptors (Lipinski definition) is 5. The first-order chi connectivity index (χ1) is 11.5. The molecule has 0 bridgehead atoms. The molecule has 25 heavy (non-hydrogen) atoms. The second-order valence-electron chi connectivity index (χ2n) is 5.87. The first kappa shape index (κ1) is 20.8. The Morgan fingerprint density at radius 3 is 1.92 bits per heavy atom. The smallest absolute Gasteiger partial charge is 0.748 e. The van der Waals surface area contributed by atoms with Crippen LogP contribution < -0.4 is 34.5 Å². The van der Waals surface area contributed by atoms with Crippen LogP contribution in [0, 0.1) is 0 Å². The van der Waals surface area contributed by atoms with Gasteiger partial charge in [0.1, 0.15) is 0 Å². The van der Waals surface area contributed by atoms with Gasteiger partial charge in [0.2, 0.25) is 0 Å². The zero-order chi connectivity index (χ0) is 17.0. The summed E-state index contributed by atoms with van der Waals surface area (Å²) in [6.45, 7) is 0.888. The first-order valence-electron chi connectivity index (χ1n) is 8.12. The Morgan fingerprint density at radius 2 is 1.36 bits per heavy atom. The number of para-hydroxylation sites is 2. The van der Waals surface area contributed by atoms with Crippen molar-refractivity contribution in [3.05, 3.63) is 48.5 Å². The molecule has 1 heterocycles. The van der Waals surface area contributed by atoms with Crippen molar-refractivity contribution >= 4 is 33.3 Å². The third kappa shape index (κ3) is 5.74. The van der Waals surface area contributed by atoms with Crippen LogP contribution in [0.1, 0.15) is 25.7 Å². The largest absolute Gasteiger partial charge is 1.00 e. The Kier molecular flexibility index (Phi) is 7.86. The van der Waals surface area contributed by atoms with Gasteiger partial charge >= 0.3 is 29.6 Å². The number of benzene rings is 2. The standard InChI is InChI=1S/C18H21NO3S2.Na/c20-24(21,22)14-8-2-1-7-13-19-15-9-3-5-11-17(15)23-18-12-6-4-10-16(18)19;/h3-6,9-12H,1-2,7-8,13-14H2,(H,20,21,22);/q;+1/p-1. The van der Waals surface area contributed by atoms with E-state index in [1.54, 1.807) is 11.8 Å². The van der Waals surface area contributed by atoms with Crippen LogP contribution in [-0.4, -0.2) is 25.3 Å². The van der Waals surface area contributed by atoms with E-state index in [1.165, 1.54) is 21.2 Å². The Labute approximate surface area is 176 Å². The summed E-state index contributed by atoms with van der Waals surface area (Å²) in [5.74, 6) is -0.251. The average molecular weight is 385 g/mol. The van der Waals surface area contributed by atoms with Gasteiger partial charge in [-0.25, -0.2) is 8.42 Å². The maximum Gasteiger partial charge on any atom is 1.00 e. The van der Waals surface area contributed by atoms with Crippen LogP contribution in [0.5, 0.6) is 0 Å². The van der Waals surface area contributed by atoms with Gasteiger partial charge in [-0.1, -0.05) is 48.9 Å². The van der Waals surface area contributed by atoms with Crippen LogP contribution in [-0.2, 0) is 10.1 Å². The molecule has 0 unspecified atom stereocenters. The molecular weight excluding hydrogens is 365 g/mol. The predicted molar refractivity (Wildman–Crippen MR) is 97.0 cm³/mol. The molecule has 0 aromatic heterocycles. The summed E-state index contributed by atoms with van der Waals surface area (Å²) in [7, 11) is -4.07. The van der Waals surface area contributed by atoms with Crippen LogP contribution in [0.3, 0.4) is 0 Å². The summed E-state index contributed by atoms with van der Waals surface area (Å²) >= 11 is 1.79. The molecule has 1 aliphatic rings. The Hall–Kier alpha value is -0.500. The fourth-order valence-electron chi connectivity index (χ4n) is 2.92. The van der Waals surface area contributed by atoms with Gasteiger partial charge in [0.15, 0.2) is 0 Å². The van der Waals surface area contributed by atoms with E-state index in [0.29, 0.717) is 6.42 Å². The summed E-state index contributed by atoms with van der Waals surface area (Å²) in [5, 5.41) is 0. The maximum atomic E-state index is 10.6. The molecule has 0 N–H and O–H groups in total. The Bertz CT molecular complexity index is 766. The van der Waals surface area contributed by atoms with Crippen molar-refractivity contribution in [2.45, 2.75) is 35.5 Å². The van der Waals surface area contributed by atoms with Gasteiger partial charge in [-0.3, -0.25) is 0 Å². The minimum absolute atomic E-state index is 0. The number of fused-ring (bicyclic) bond motifs is 2. The number of hydrogen-bond donors (Lipinski definition) is 0. The minimum Gasteiger partial charge on any atom is -0.748 e. The Balaban J connectivity index is 0.00000225. The van der Waals surface area contributed by atoms with E-state index >= 15 is 0 Å². The van der Waals surface area contributed by atoms with Crippen LogP contribution in [0.25, 0.3) is 0 Å². The van der Waals surface area contributed by atoms with E-state index in [2.05, 4.69) is 53.4 Å². The van der Waals surface area contributed by atoms with E-state index in [-0.39, 0.29) is 35.3 Å². The van der Waals surface area contributed by atoms with Crippen LogP contribution in [0.15, 0.2) is 58.3 Å². The SMILES string of the molecule is O=S(=O)([O-])CCCCCCN1c2ccccc2Sc2ccccc21.[Na+]. The molecule has 0 fully saturated rings. The number of nitrogens with zero attached hydrogens (tertiary/aromatic N) is 1. The van der Waals surface area contributed by atoms with E-state index in [9.17, 15) is 13.0 Å². The Morgan fingerprint density at radius 1 is 0.840 bits per heavy atom. The van der Waals surface area contributed by atoms with Crippen LogP contribution >= 0.6 is 11.8 Å². The molecule has 7 heteroatoms. The molecule has 0 atom stereocenters. The summed E-state index contributed by atoms with van der Waals surface area (Å²) in [4.78, 5) is 4.85. The van der Waals surface area contributed by atoms with Crippen LogP contribution in [0.2, 0.25) is 0 Å². The van der Waals surface area contributed by atoms with E-state index in [4.69, 9.17) is 0 Å². The van der Waals surface area contributed by atoms with E-state index < -0.39 is 10.1 Å². The van der Waals surface area contributed by atoms with E-state index in [0.717, 1.165) is 25.8 Å². The fourth-order valence-corrected chi connectivity index (χ4v) is 4.58. The molecule has 0 aliphatic carbocycles. The molecular formula is C18H20NNaO3S2. The monoisotopic (exact) mass is 385 g/mol. The molecule has 0 amide bonds. The van der Waals surface area contributed by atoms with Crippen molar-refractivity contribution in [3.8, 4) is 0 Å². The molecule has 4 nitrogen and oxygen atoms in total. The molecule has 0 spiro atoms. The molecule has 2 aromatic rings. The quantitative estimate of drug-likeness (QED) is 0.410. The summed E-state index contributed by atoms with van der Waals surface area (Å²) in [5.41, 5.74) is 2.45. The van der Waals surface area contributed by atoms with Crippen molar-refractivity contribution in [3.63, 3.8) is 0 Å². The molecule has 1 aliphatic heterocycles. The fraction of sp³-hybridized carbons (Fsp3) is 0.333. The predicted octanol–water partition coefficient (Wildman–Crippen LogP) is 1.40. The maximum absolute atomic E-state index is 10.6. The van der Waals surface area contributed by atoms with Gasteiger partial charge in [0.05, 0.1) is 21.5 Å². The second-order valence-corrected chi connectivity index (χ2v) is 8.47. The molecule has 0 saturated carbocycles. The van der Waals surface area contributed by atoms with Crippen molar-refractivity contribution in [1.82, 2.24) is 0 Å². The number of anilines is 2. The van der Waals surface area contributed by atoms with Gasteiger partial charge in [-0.15, -0.1) is 0 Å². The van der Waals surface area contributed by atoms with E-state index in [1.807, 2.05) is 0 Å². The molecule has 0 saturated heterocycles. The third-order valence-electron chi connectivity index (χ3n) is 4.06. The van der Waals surface area contributed by atoms with Gasteiger partial charge < -0.3 is 9.45 Å². The van der Waals surface area contributed by atoms with Crippen molar-refractivity contribution in [1.29, 1.82) is 0 Å². The van der Waals surface area contributed by atoms with Crippen molar-refractivity contribution in [2.75, 3.05) is 17.2 Å². The summed E-state index contributed by atoms with van der Waals surface area (Å²) < 4.78 is 31.9. The molecule has 3 rings (SSSR count). The van der Waals surface area contributed by atoms with Gasteiger partial charge in [-0.2, -0.15) is 0 Å². The van der Waals surface area contributed by atoms with Crippen molar-refractivity contribution < 1.29 is 42.5 Å². The molecule has 128 valence electrons. The third-order valence-corrected chi connectivity index (χ3v) is 5.98. The average Bonchev–Trinajstić information content (AvgIpc) is 2.56. The van der Waals surface area contributed by atoms with Gasteiger partial charge in [0.25, 0.3) is 0 Å². The minimum atomic E-state index is -4.07. The van der Waals surface area contributed by atoms with Crippen LogP contribution in [0.4, 0.5) is 11.4 Å². The summed E-state index contributed by atoms with van der Waals surface area (Å²) in [6, 6.07) is 16.8. The van der Waals surface area contributed by atoms with Gasteiger partial charge in [-0.05, 0) is 37.1 Å². The summed E-state index contributed by atoms with van der Waals surface area (Å²) in [6.07, 6.45) is 3.11. The normalized spacial score (nSPS) is 12.9.